The third-order valence-electron chi connectivity index (χ3n) is 5.28. The van der Waals surface area contributed by atoms with Crippen molar-refractivity contribution < 1.29 is 27.4 Å². The van der Waals surface area contributed by atoms with Crippen molar-refractivity contribution in [2.45, 2.75) is 43.9 Å². The summed E-state index contributed by atoms with van der Waals surface area (Å²) in [5.74, 6) is -0.385. The maximum absolute atomic E-state index is 14.0. The van der Waals surface area contributed by atoms with Gasteiger partial charge in [-0.05, 0) is 48.2 Å². The van der Waals surface area contributed by atoms with Gasteiger partial charge in [0.05, 0.1) is 18.1 Å². The van der Waals surface area contributed by atoms with Gasteiger partial charge in [0.1, 0.15) is 23.3 Å². The molecule has 2 heterocycles. The zero-order chi connectivity index (χ0) is 23.0. The predicted octanol–water partition coefficient (Wildman–Crippen LogP) is 4.79. The average molecular weight is 435 g/mol. The van der Waals surface area contributed by atoms with Crippen LogP contribution >= 0.6 is 0 Å². The highest BCUT2D eigenvalue weighted by molar-refractivity contribution is 5.76. The standard InChI is InChI=1S/C22H21F4N3O2/c1-20(2,16-8-13(23)4-7-19(16)31-3)12-21(30,22(24,25)26)10-15-9-18-17(29-15)6-5-14(11-27)28-18/h4-9,29-30H,10,12H2,1-3H3. The minimum atomic E-state index is -4.96. The number of ether oxygens (including phenoxy) is 1. The Morgan fingerprint density at radius 2 is 1.87 bits per heavy atom. The molecular formula is C22H21F4N3O2. The van der Waals surface area contributed by atoms with Crippen molar-refractivity contribution >= 4 is 11.0 Å². The van der Waals surface area contributed by atoms with Crippen LogP contribution < -0.4 is 4.74 Å². The smallest absolute Gasteiger partial charge is 0.417 e. The van der Waals surface area contributed by atoms with E-state index in [2.05, 4.69) is 9.97 Å². The number of aromatic nitrogens is 2. The fourth-order valence-electron chi connectivity index (χ4n) is 3.84. The summed E-state index contributed by atoms with van der Waals surface area (Å²) in [4.78, 5) is 6.86. The highest BCUT2D eigenvalue weighted by Crippen LogP contribution is 2.45. The van der Waals surface area contributed by atoms with Gasteiger partial charge in [0.15, 0.2) is 5.60 Å². The van der Waals surface area contributed by atoms with Gasteiger partial charge in [-0.15, -0.1) is 0 Å². The Labute approximate surface area is 176 Å². The van der Waals surface area contributed by atoms with Crippen LogP contribution in [0.1, 0.15) is 37.2 Å². The van der Waals surface area contributed by atoms with E-state index in [1.807, 2.05) is 6.07 Å². The van der Waals surface area contributed by atoms with Gasteiger partial charge in [0.25, 0.3) is 0 Å². The summed E-state index contributed by atoms with van der Waals surface area (Å²) in [6.07, 6.45) is -6.47. The number of hydrogen-bond acceptors (Lipinski definition) is 4. The summed E-state index contributed by atoms with van der Waals surface area (Å²) in [7, 11) is 1.34. The SMILES string of the molecule is COc1ccc(F)cc1C(C)(C)CC(O)(Cc1cc2nc(C#N)ccc2[nH]1)C(F)(F)F. The zero-order valence-electron chi connectivity index (χ0n) is 17.1. The minimum absolute atomic E-state index is 0.111. The molecule has 164 valence electrons. The van der Waals surface area contributed by atoms with Crippen LogP contribution in [0.5, 0.6) is 5.75 Å². The second kappa shape index (κ2) is 7.85. The van der Waals surface area contributed by atoms with Crippen molar-refractivity contribution in [3.63, 3.8) is 0 Å². The number of fused-ring (bicyclic) bond motifs is 1. The number of nitrogens with one attached hydrogen (secondary N) is 1. The van der Waals surface area contributed by atoms with Gasteiger partial charge in [-0.25, -0.2) is 9.37 Å². The average Bonchev–Trinajstić information content (AvgIpc) is 3.07. The summed E-state index contributed by atoms with van der Waals surface area (Å²) in [5.41, 5.74) is -3.17. The molecule has 3 rings (SSSR count). The summed E-state index contributed by atoms with van der Waals surface area (Å²) in [6.45, 7) is 2.99. The number of benzene rings is 1. The van der Waals surface area contributed by atoms with Crippen LogP contribution in [0.15, 0.2) is 36.4 Å². The Morgan fingerprint density at radius 1 is 1.16 bits per heavy atom. The lowest BCUT2D eigenvalue weighted by atomic mass is 9.73. The Kier molecular flexibility index (Phi) is 5.72. The van der Waals surface area contributed by atoms with Crippen LogP contribution in [0.25, 0.3) is 11.0 Å². The van der Waals surface area contributed by atoms with Gasteiger partial charge in [-0.2, -0.15) is 18.4 Å². The summed E-state index contributed by atoms with van der Waals surface area (Å²) < 4.78 is 61.2. The van der Waals surface area contributed by atoms with Gasteiger partial charge in [-0.3, -0.25) is 0 Å². The molecule has 9 heteroatoms. The number of alkyl halides is 3. The molecule has 0 aliphatic carbocycles. The molecule has 0 saturated carbocycles. The molecule has 2 N–H and O–H groups in total. The van der Waals surface area contributed by atoms with E-state index < -0.39 is 35.9 Å². The summed E-state index contributed by atoms with van der Waals surface area (Å²) in [5, 5.41) is 19.8. The Balaban J connectivity index is 2.00. The van der Waals surface area contributed by atoms with Crippen molar-refractivity contribution in [3.05, 3.63) is 59.2 Å². The number of aliphatic hydroxyl groups is 1. The van der Waals surface area contributed by atoms with E-state index in [1.165, 1.54) is 39.2 Å². The lowest BCUT2D eigenvalue weighted by Gasteiger charge is -2.38. The van der Waals surface area contributed by atoms with Gasteiger partial charge in [-0.1, -0.05) is 13.8 Å². The van der Waals surface area contributed by atoms with Crippen LogP contribution in [0.4, 0.5) is 17.6 Å². The van der Waals surface area contributed by atoms with Crippen molar-refractivity contribution in [3.8, 4) is 11.8 Å². The lowest BCUT2D eigenvalue weighted by Crippen LogP contribution is -2.51. The normalized spacial score (nSPS) is 14.3. The highest BCUT2D eigenvalue weighted by Gasteiger charge is 2.56. The number of halogens is 4. The first kappa shape index (κ1) is 22.6. The first-order valence-corrected chi connectivity index (χ1v) is 9.40. The molecular weight excluding hydrogens is 414 g/mol. The molecule has 1 unspecified atom stereocenters. The number of rotatable bonds is 6. The van der Waals surface area contributed by atoms with Gasteiger partial charge in [0, 0.05) is 17.7 Å². The second-order valence-electron chi connectivity index (χ2n) is 8.15. The Hall–Kier alpha value is -3.12. The van der Waals surface area contributed by atoms with E-state index in [4.69, 9.17) is 10.00 Å². The fourth-order valence-corrected chi connectivity index (χ4v) is 3.84. The number of aromatic amines is 1. The topological polar surface area (TPSA) is 81.9 Å². The van der Waals surface area contributed by atoms with Crippen molar-refractivity contribution in [2.24, 2.45) is 0 Å². The predicted molar refractivity (Wildman–Crippen MR) is 106 cm³/mol. The number of nitrogens with zero attached hydrogens (tertiary/aromatic N) is 2. The quantitative estimate of drug-likeness (QED) is 0.546. The number of pyridine rings is 1. The van der Waals surface area contributed by atoms with Crippen LogP contribution in [0, 0.1) is 17.1 Å². The maximum Gasteiger partial charge on any atom is 0.417 e. The number of hydrogen-bond donors (Lipinski definition) is 2. The fraction of sp³-hybridized carbons (Fsp3) is 0.364. The molecule has 31 heavy (non-hydrogen) atoms. The highest BCUT2D eigenvalue weighted by atomic mass is 19.4. The molecule has 0 bridgehead atoms. The van der Waals surface area contributed by atoms with Crippen molar-refractivity contribution in [1.82, 2.24) is 9.97 Å². The van der Waals surface area contributed by atoms with Crippen LogP contribution in [-0.4, -0.2) is 34.0 Å². The largest absolute Gasteiger partial charge is 0.496 e. The molecule has 0 aliphatic heterocycles. The molecule has 0 spiro atoms. The molecule has 0 amide bonds. The third kappa shape index (κ3) is 4.49. The molecule has 1 atom stereocenters. The Bertz CT molecular complexity index is 1150. The molecule has 0 aliphatic rings. The molecule has 3 aromatic rings. The van der Waals surface area contributed by atoms with E-state index in [1.54, 1.807) is 6.07 Å². The molecule has 5 nitrogen and oxygen atoms in total. The zero-order valence-corrected chi connectivity index (χ0v) is 17.1. The van der Waals surface area contributed by atoms with Crippen LogP contribution in [0.2, 0.25) is 0 Å². The molecule has 0 fully saturated rings. The first-order chi connectivity index (χ1) is 14.4. The van der Waals surface area contributed by atoms with Crippen LogP contribution in [-0.2, 0) is 11.8 Å². The van der Waals surface area contributed by atoms with E-state index >= 15 is 0 Å². The molecule has 2 aromatic heterocycles. The van der Waals surface area contributed by atoms with E-state index in [0.717, 1.165) is 12.1 Å². The summed E-state index contributed by atoms with van der Waals surface area (Å²) >= 11 is 0. The van der Waals surface area contributed by atoms with Crippen molar-refractivity contribution in [1.29, 1.82) is 5.26 Å². The number of nitriles is 1. The third-order valence-corrected chi connectivity index (χ3v) is 5.28. The van der Waals surface area contributed by atoms with Crippen molar-refractivity contribution in [2.75, 3.05) is 7.11 Å². The molecule has 0 saturated heterocycles. The first-order valence-electron chi connectivity index (χ1n) is 9.40. The van der Waals surface area contributed by atoms with E-state index in [0.29, 0.717) is 11.0 Å². The maximum atomic E-state index is 14.0. The number of methoxy groups -OCH3 is 1. The molecule has 0 radical (unpaired) electrons. The molecule has 1 aromatic carbocycles. The minimum Gasteiger partial charge on any atom is -0.496 e. The van der Waals surface area contributed by atoms with Crippen LogP contribution in [0.3, 0.4) is 0 Å². The van der Waals surface area contributed by atoms with Gasteiger partial charge in [0.2, 0.25) is 0 Å². The number of H-pyrrole nitrogens is 1. The summed E-state index contributed by atoms with van der Waals surface area (Å²) in [6, 6.07) is 9.84. The van der Waals surface area contributed by atoms with E-state index in [-0.39, 0.29) is 22.7 Å². The Morgan fingerprint density at radius 3 is 2.48 bits per heavy atom. The van der Waals surface area contributed by atoms with Gasteiger partial charge >= 0.3 is 6.18 Å². The second-order valence-corrected chi connectivity index (χ2v) is 8.15. The monoisotopic (exact) mass is 435 g/mol. The van der Waals surface area contributed by atoms with E-state index in [9.17, 15) is 22.7 Å². The van der Waals surface area contributed by atoms with Gasteiger partial charge < -0.3 is 14.8 Å². The lowest BCUT2D eigenvalue weighted by molar-refractivity contribution is -0.266.